The quantitative estimate of drug-likeness (QED) is 0.632. The molecule has 1 atom stereocenters. The fourth-order valence-corrected chi connectivity index (χ4v) is 3.02. The monoisotopic (exact) mass is 396 g/mol. The number of benzene rings is 1. The Bertz CT molecular complexity index is 793. The zero-order valence-corrected chi connectivity index (χ0v) is 16.2. The molecule has 1 aromatic heterocycles. The van der Waals surface area contributed by atoms with E-state index in [1.807, 2.05) is 17.7 Å². The highest BCUT2D eigenvalue weighted by Crippen LogP contribution is 2.29. The molecule has 0 spiro atoms. The summed E-state index contributed by atoms with van der Waals surface area (Å²) in [6.07, 6.45) is -1.65. The Labute approximate surface area is 163 Å². The minimum absolute atomic E-state index is 0.00155. The van der Waals surface area contributed by atoms with Gasteiger partial charge >= 0.3 is 6.18 Å². The topological polar surface area (TPSA) is 68.2 Å². The number of carbonyl (C=O) groups excluding carboxylic acids is 1. The van der Waals surface area contributed by atoms with Crippen LogP contribution in [-0.4, -0.2) is 27.6 Å². The van der Waals surface area contributed by atoms with Crippen LogP contribution in [0.4, 0.5) is 13.2 Å². The maximum atomic E-state index is 12.6. The first kappa shape index (κ1) is 22.2. The Balaban J connectivity index is 1.88. The van der Waals surface area contributed by atoms with E-state index < -0.39 is 17.3 Å². The van der Waals surface area contributed by atoms with Crippen molar-refractivity contribution in [2.45, 2.75) is 50.7 Å². The molecule has 0 fully saturated rings. The van der Waals surface area contributed by atoms with Gasteiger partial charge in [0.2, 0.25) is 0 Å². The van der Waals surface area contributed by atoms with Crippen LogP contribution in [0.3, 0.4) is 0 Å². The van der Waals surface area contributed by atoms with Crippen molar-refractivity contribution in [3.8, 4) is 0 Å². The van der Waals surface area contributed by atoms with E-state index >= 15 is 0 Å². The average molecular weight is 396 g/mol. The summed E-state index contributed by atoms with van der Waals surface area (Å²) in [5, 5.41) is 9.24. The molecule has 28 heavy (non-hydrogen) atoms. The molecule has 4 nitrogen and oxygen atoms in total. The summed E-state index contributed by atoms with van der Waals surface area (Å²) in [6, 6.07) is 8.72. The third-order valence-electron chi connectivity index (χ3n) is 4.98. The van der Waals surface area contributed by atoms with E-state index in [1.165, 1.54) is 12.1 Å². The fourth-order valence-electron chi connectivity index (χ4n) is 3.02. The molecular weight excluding hydrogens is 369 g/mol. The van der Waals surface area contributed by atoms with Gasteiger partial charge in [0.15, 0.2) is 5.78 Å². The molecule has 0 aliphatic heterocycles. The second-order valence-electron chi connectivity index (χ2n) is 7.55. The number of rotatable bonds is 9. The normalized spacial score (nSPS) is 14.1. The Morgan fingerprint density at radius 2 is 1.75 bits per heavy atom. The van der Waals surface area contributed by atoms with Gasteiger partial charge in [-0.3, -0.25) is 4.79 Å². The van der Waals surface area contributed by atoms with Crippen molar-refractivity contribution in [2.24, 2.45) is 12.8 Å². The highest BCUT2D eigenvalue weighted by molar-refractivity contribution is 5.94. The number of ketones is 1. The SMILES string of the molecule is Cn1c(CCC(C)(N)CO)ccc1C(=O)CCCc1ccc(C(F)(F)F)cc1. The molecule has 154 valence electrons. The molecular formula is C21H27F3N2O2. The number of alkyl halides is 3. The molecule has 3 N–H and O–H groups in total. The van der Waals surface area contributed by atoms with Gasteiger partial charge in [-0.05, 0) is 62.4 Å². The lowest BCUT2D eigenvalue weighted by Crippen LogP contribution is -2.40. The molecule has 1 heterocycles. The lowest BCUT2D eigenvalue weighted by Gasteiger charge is -2.21. The van der Waals surface area contributed by atoms with E-state index in [0.29, 0.717) is 37.8 Å². The molecule has 0 bridgehead atoms. The van der Waals surface area contributed by atoms with E-state index in [9.17, 15) is 23.1 Å². The lowest BCUT2D eigenvalue weighted by molar-refractivity contribution is -0.137. The van der Waals surface area contributed by atoms with Crippen LogP contribution in [0.25, 0.3) is 0 Å². The Hall–Kier alpha value is -2.12. The summed E-state index contributed by atoms with van der Waals surface area (Å²) in [7, 11) is 1.82. The van der Waals surface area contributed by atoms with Gasteiger partial charge in [-0.2, -0.15) is 13.2 Å². The molecule has 2 rings (SSSR count). The van der Waals surface area contributed by atoms with E-state index in [-0.39, 0.29) is 12.4 Å². The van der Waals surface area contributed by atoms with Gasteiger partial charge in [0, 0.05) is 24.7 Å². The number of hydrogen-bond acceptors (Lipinski definition) is 3. The van der Waals surface area contributed by atoms with Gasteiger partial charge in [-0.15, -0.1) is 0 Å². The molecule has 7 heteroatoms. The number of nitrogens with two attached hydrogens (primary N) is 1. The minimum Gasteiger partial charge on any atom is -0.394 e. The molecule has 0 radical (unpaired) electrons. The number of aliphatic hydroxyl groups is 1. The summed E-state index contributed by atoms with van der Waals surface area (Å²) in [6.45, 7) is 1.68. The van der Waals surface area contributed by atoms with Crippen LogP contribution in [0.15, 0.2) is 36.4 Å². The van der Waals surface area contributed by atoms with Gasteiger partial charge in [0.1, 0.15) is 0 Å². The first-order chi connectivity index (χ1) is 13.0. The van der Waals surface area contributed by atoms with Crippen molar-refractivity contribution in [2.75, 3.05) is 6.61 Å². The van der Waals surface area contributed by atoms with Gasteiger partial charge in [-0.25, -0.2) is 0 Å². The predicted molar refractivity (Wildman–Crippen MR) is 102 cm³/mol. The largest absolute Gasteiger partial charge is 0.416 e. The smallest absolute Gasteiger partial charge is 0.394 e. The maximum absolute atomic E-state index is 12.6. The fraction of sp³-hybridized carbons (Fsp3) is 0.476. The molecule has 0 aliphatic carbocycles. The van der Waals surface area contributed by atoms with Crippen molar-refractivity contribution in [1.82, 2.24) is 4.57 Å². The van der Waals surface area contributed by atoms with Gasteiger partial charge in [0.25, 0.3) is 0 Å². The highest BCUT2D eigenvalue weighted by atomic mass is 19.4. The number of Topliss-reactive ketones (excluding diaryl/α,β-unsaturated/α-hetero) is 1. The highest BCUT2D eigenvalue weighted by Gasteiger charge is 2.29. The van der Waals surface area contributed by atoms with Crippen LogP contribution in [0, 0.1) is 0 Å². The van der Waals surface area contributed by atoms with Crippen LogP contribution in [0.5, 0.6) is 0 Å². The van der Waals surface area contributed by atoms with E-state index in [0.717, 1.165) is 23.4 Å². The lowest BCUT2D eigenvalue weighted by atomic mass is 9.97. The average Bonchev–Trinajstić information content (AvgIpc) is 3.00. The summed E-state index contributed by atoms with van der Waals surface area (Å²) < 4.78 is 39.6. The maximum Gasteiger partial charge on any atom is 0.416 e. The number of aliphatic hydroxyl groups excluding tert-OH is 1. The second kappa shape index (κ2) is 8.92. The number of carbonyl (C=O) groups is 1. The summed E-state index contributed by atoms with van der Waals surface area (Å²) in [4.78, 5) is 12.5. The summed E-state index contributed by atoms with van der Waals surface area (Å²) >= 11 is 0. The number of aromatic nitrogens is 1. The van der Waals surface area contributed by atoms with Crippen molar-refractivity contribution >= 4 is 5.78 Å². The Morgan fingerprint density at radius 1 is 1.11 bits per heavy atom. The predicted octanol–water partition coefficient (Wildman–Crippen LogP) is 3.89. The summed E-state index contributed by atoms with van der Waals surface area (Å²) in [5.74, 6) is -0.00155. The molecule has 1 unspecified atom stereocenters. The zero-order chi connectivity index (χ0) is 20.9. The van der Waals surface area contributed by atoms with Crippen LogP contribution in [0.2, 0.25) is 0 Å². The third kappa shape index (κ3) is 5.94. The van der Waals surface area contributed by atoms with Crippen molar-refractivity contribution in [1.29, 1.82) is 0 Å². The zero-order valence-electron chi connectivity index (χ0n) is 16.2. The minimum atomic E-state index is -4.34. The van der Waals surface area contributed by atoms with Crippen LogP contribution >= 0.6 is 0 Å². The van der Waals surface area contributed by atoms with E-state index in [1.54, 1.807) is 13.0 Å². The summed E-state index contributed by atoms with van der Waals surface area (Å²) in [5.41, 5.74) is 6.97. The molecule has 0 saturated heterocycles. The van der Waals surface area contributed by atoms with Crippen molar-refractivity contribution in [3.63, 3.8) is 0 Å². The molecule has 1 aromatic carbocycles. The number of halogens is 3. The van der Waals surface area contributed by atoms with Gasteiger partial charge in [-0.1, -0.05) is 12.1 Å². The van der Waals surface area contributed by atoms with E-state index in [4.69, 9.17) is 5.73 Å². The van der Waals surface area contributed by atoms with Crippen LogP contribution in [-0.2, 0) is 26.1 Å². The Morgan fingerprint density at radius 3 is 2.32 bits per heavy atom. The van der Waals surface area contributed by atoms with Crippen molar-refractivity contribution in [3.05, 3.63) is 58.9 Å². The number of aryl methyl sites for hydroxylation is 2. The molecule has 0 amide bonds. The molecule has 2 aromatic rings. The Kier molecular flexibility index (Phi) is 7.06. The van der Waals surface area contributed by atoms with Gasteiger partial charge in [0.05, 0.1) is 17.9 Å². The van der Waals surface area contributed by atoms with Crippen LogP contribution < -0.4 is 5.73 Å². The number of nitrogens with zero attached hydrogens (tertiary/aromatic N) is 1. The van der Waals surface area contributed by atoms with Crippen LogP contribution in [0.1, 0.15) is 53.5 Å². The number of hydrogen-bond donors (Lipinski definition) is 2. The molecule has 0 aliphatic rings. The third-order valence-corrected chi connectivity index (χ3v) is 4.98. The van der Waals surface area contributed by atoms with Gasteiger partial charge < -0.3 is 15.4 Å². The first-order valence-corrected chi connectivity index (χ1v) is 9.27. The van der Waals surface area contributed by atoms with E-state index in [2.05, 4.69) is 0 Å². The first-order valence-electron chi connectivity index (χ1n) is 9.27. The standard InChI is InChI=1S/C21H27F3N2O2/c1-20(25,14-27)13-12-17-10-11-18(26(17)2)19(28)5-3-4-15-6-8-16(9-7-15)21(22,23)24/h6-11,27H,3-5,12-14,25H2,1-2H3. The van der Waals surface area contributed by atoms with Crippen molar-refractivity contribution < 1.29 is 23.1 Å². The molecule has 0 saturated carbocycles. The second-order valence-corrected chi connectivity index (χ2v) is 7.55.